The quantitative estimate of drug-likeness (QED) is 0.718. The summed E-state index contributed by atoms with van der Waals surface area (Å²) in [4.78, 5) is -0.290. The second-order valence-corrected chi connectivity index (χ2v) is 3.76. The summed E-state index contributed by atoms with van der Waals surface area (Å²) < 4.78 is 46.4. The van der Waals surface area contributed by atoms with Crippen LogP contribution in [0.2, 0.25) is 0 Å². The second kappa shape index (κ2) is 3.37. The van der Waals surface area contributed by atoms with E-state index in [0.717, 1.165) is 12.1 Å². The first kappa shape index (κ1) is 10.0. The Kier molecular flexibility index (Phi) is 2.60. The van der Waals surface area contributed by atoms with Crippen molar-refractivity contribution in [2.24, 2.45) is 0 Å². The van der Waals surface area contributed by atoms with Crippen molar-refractivity contribution in [1.29, 1.82) is 0 Å². The van der Waals surface area contributed by atoms with Crippen LogP contribution < -0.4 is 5.73 Å². The van der Waals surface area contributed by atoms with Gasteiger partial charge in [0, 0.05) is 10.6 Å². The maximum Gasteiger partial charge on any atom is 0.475 e. The van der Waals surface area contributed by atoms with Gasteiger partial charge in [-0.1, -0.05) is 0 Å². The van der Waals surface area contributed by atoms with E-state index < -0.39 is 16.3 Å². The van der Waals surface area contributed by atoms with Gasteiger partial charge in [-0.2, -0.15) is 13.2 Å². The maximum absolute atomic E-state index is 11.9. The van der Waals surface area contributed by atoms with E-state index in [4.69, 9.17) is 5.73 Å². The average molecular weight is 209 g/mol. The van der Waals surface area contributed by atoms with Crippen LogP contribution in [0.15, 0.2) is 29.2 Å². The van der Waals surface area contributed by atoms with Crippen molar-refractivity contribution in [3.63, 3.8) is 0 Å². The molecule has 13 heavy (non-hydrogen) atoms. The van der Waals surface area contributed by atoms with E-state index in [9.17, 15) is 17.4 Å². The van der Waals surface area contributed by atoms with Gasteiger partial charge in [-0.3, -0.25) is 0 Å². The van der Waals surface area contributed by atoms with Gasteiger partial charge in [0.05, 0.1) is 0 Å². The molecule has 0 aliphatic rings. The third-order valence-electron chi connectivity index (χ3n) is 1.30. The fraction of sp³-hybridized carbons (Fsp3) is 0.143. The van der Waals surface area contributed by atoms with Gasteiger partial charge in [0.1, 0.15) is 0 Å². The maximum atomic E-state index is 11.9. The van der Waals surface area contributed by atoms with E-state index in [0.29, 0.717) is 5.69 Å². The largest absolute Gasteiger partial charge is 0.475 e. The molecular weight excluding hydrogens is 203 g/mol. The summed E-state index contributed by atoms with van der Waals surface area (Å²) >= 11 is 0. The molecule has 0 amide bonds. The van der Waals surface area contributed by atoms with E-state index >= 15 is 0 Å². The molecule has 0 heterocycles. The highest BCUT2D eigenvalue weighted by molar-refractivity contribution is 7.86. The summed E-state index contributed by atoms with van der Waals surface area (Å²) in [5.74, 6) is 0. The van der Waals surface area contributed by atoms with Crippen LogP contribution in [0.5, 0.6) is 0 Å². The predicted molar refractivity (Wildman–Crippen MR) is 43.3 cm³/mol. The van der Waals surface area contributed by atoms with Crippen LogP contribution in [0, 0.1) is 0 Å². The zero-order valence-electron chi connectivity index (χ0n) is 6.34. The van der Waals surface area contributed by atoms with Crippen LogP contribution in [0.1, 0.15) is 0 Å². The Morgan fingerprint density at radius 3 is 2.00 bits per heavy atom. The summed E-state index contributed by atoms with van der Waals surface area (Å²) in [5, 5.41) is 0. The normalized spacial score (nSPS) is 14.1. The third kappa shape index (κ3) is 2.45. The molecule has 0 aliphatic carbocycles. The lowest BCUT2D eigenvalue weighted by Gasteiger charge is -2.05. The predicted octanol–water partition coefficient (Wildman–Crippen LogP) is 1.90. The first-order valence-corrected chi connectivity index (χ1v) is 4.40. The Labute approximate surface area is 75.0 Å². The number of halogens is 3. The molecule has 0 spiro atoms. The minimum absolute atomic E-state index is 0.290. The van der Waals surface area contributed by atoms with Crippen molar-refractivity contribution in [2.45, 2.75) is 10.4 Å². The summed E-state index contributed by atoms with van der Waals surface area (Å²) in [5.41, 5.74) is 0.880. The van der Waals surface area contributed by atoms with Crippen LogP contribution in [0.3, 0.4) is 0 Å². The molecule has 1 aromatic rings. The zero-order chi connectivity index (χ0) is 10.1. The fourth-order valence-corrected chi connectivity index (χ4v) is 1.38. The summed E-state index contributed by atoms with van der Waals surface area (Å²) in [7, 11) is -2.96. The average Bonchev–Trinajstić information content (AvgIpc) is 2.03. The van der Waals surface area contributed by atoms with Gasteiger partial charge < -0.3 is 5.73 Å². The van der Waals surface area contributed by atoms with Crippen LogP contribution in [0.4, 0.5) is 18.9 Å². The van der Waals surface area contributed by atoms with E-state index in [2.05, 4.69) is 0 Å². The molecule has 1 rings (SSSR count). The first-order chi connectivity index (χ1) is 5.91. The number of alkyl halides is 3. The van der Waals surface area contributed by atoms with Crippen molar-refractivity contribution < 1.29 is 17.4 Å². The Morgan fingerprint density at radius 2 is 1.62 bits per heavy atom. The highest BCUT2D eigenvalue weighted by Gasteiger charge is 2.37. The van der Waals surface area contributed by atoms with Crippen molar-refractivity contribution in [1.82, 2.24) is 0 Å². The van der Waals surface area contributed by atoms with Gasteiger partial charge in [0.25, 0.3) is 0 Å². The molecule has 6 heteroatoms. The van der Waals surface area contributed by atoms with Gasteiger partial charge in [0.15, 0.2) is 10.8 Å². The standard InChI is InChI=1S/C7H6F3NOS/c8-7(9,10)13(12)6-3-1-5(11)2-4-6/h1-4H,11H2/t13-/m1/s1. The number of hydrogen-bond donors (Lipinski definition) is 1. The minimum Gasteiger partial charge on any atom is -0.399 e. The van der Waals surface area contributed by atoms with Crippen molar-refractivity contribution in [3.05, 3.63) is 24.3 Å². The Balaban J connectivity index is 2.97. The molecule has 72 valence electrons. The van der Waals surface area contributed by atoms with Gasteiger partial charge in [-0.25, -0.2) is 4.21 Å². The summed E-state index contributed by atoms with van der Waals surface area (Å²) in [6.45, 7) is 0. The molecule has 0 saturated carbocycles. The Morgan fingerprint density at radius 1 is 1.15 bits per heavy atom. The number of hydrogen-bond acceptors (Lipinski definition) is 2. The molecule has 1 aromatic carbocycles. The number of benzene rings is 1. The lowest BCUT2D eigenvalue weighted by molar-refractivity contribution is -0.0384. The van der Waals surface area contributed by atoms with E-state index in [1.54, 1.807) is 0 Å². The van der Waals surface area contributed by atoms with Crippen LogP contribution >= 0.6 is 0 Å². The molecule has 0 bridgehead atoms. The molecule has 0 saturated heterocycles. The van der Waals surface area contributed by atoms with Crippen molar-refractivity contribution in [2.75, 3.05) is 5.73 Å². The molecule has 0 unspecified atom stereocenters. The zero-order valence-corrected chi connectivity index (χ0v) is 7.15. The van der Waals surface area contributed by atoms with Gasteiger partial charge >= 0.3 is 5.51 Å². The number of anilines is 1. The molecule has 2 N–H and O–H groups in total. The number of nitrogens with two attached hydrogens (primary N) is 1. The number of rotatable bonds is 1. The van der Waals surface area contributed by atoms with Crippen LogP contribution in [0.25, 0.3) is 0 Å². The van der Waals surface area contributed by atoms with E-state index in [1.807, 2.05) is 0 Å². The molecule has 1 atom stereocenters. The minimum atomic E-state index is -4.71. The smallest absolute Gasteiger partial charge is 0.399 e. The second-order valence-electron chi connectivity index (χ2n) is 2.28. The topological polar surface area (TPSA) is 43.1 Å². The van der Waals surface area contributed by atoms with Gasteiger partial charge in [-0.15, -0.1) is 0 Å². The van der Waals surface area contributed by atoms with Crippen molar-refractivity contribution >= 4 is 16.5 Å². The van der Waals surface area contributed by atoms with Gasteiger partial charge in [-0.05, 0) is 24.3 Å². The monoisotopic (exact) mass is 209 g/mol. The lowest BCUT2D eigenvalue weighted by Crippen LogP contribution is -2.16. The number of nitrogen functional groups attached to an aromatic ring is 1. The van der Waals surface area contributed by atoms with E-state index in [-0.39, 0.29) is 4.90 Å². The molecule has 0 aliphatic heterocycles. The highest BCUT2D eigenvalue weighted by atomic mass is 32.2. The fourth-order valence-electron chi connectivity index (χ4n) is 0.725. The SMILES string of the molecule is Nc1ccc([S@@](=O)C(F)(F)F)cc1. The Bertz CT molecular complexity index is 320. The van der Waals surface area contributed by atoms with Gasteiger partial charge in [0.2, 0.25) is 0 Å². The van der Waals surface area contributed by atoms with E-state index in [1.165, 1.54) is 12.1 Å². The lowest BCUT2D eigenvalue weighted by atomic mass is 10.3. The van der Waals surface area contributed by atoms with Crippen molar-refractivity contribution in [3.8, 4) is 0 Å². The first-order valence-electron chi connectivity index (χ1n) is 3.25. The molecule has 0 aromatic heterocycles. The third-order valence-corrected chi connectivity index (χ3v) is 2.43. The van der Waals surface area contributed by atoms with Crippen LogP contribution in [-0.2, 0) is 10.8 Å². The highest BCUT2D eigenvalue weighted by Crippen LogP contribution is 2.26. The summed E-state index contributed by atoms with van der Waals surface area (Å²) in [6.07, 6.45) is 0. The molecule has 0 fully saturated rings. The molecule has 0 radical (unpaired) electrons. The summed E-state index contributed by atoms with van der Waals surface area (Å²) in [6, 6.07) is 4.75. The molecular formula is C7H6F3NOS. The molecule has 2 nitrogen and oxygen atoms in total. The Hall–Kier alpha value is -1.04. The van der Waals surface area contributed by atoms with Crippen LogP contribution in [-0.4, -0.2) is 9.72 Å².